The highest BCUT2D eigenvalue weighted by Crippen LogP contribution is 2.20. The van der Waals surface area contributed by atoms with E-state index in [1.165, 1.54) is 58.2 Å². The zero-order chi connectivity index (χ0) is 8.93. The average molecular weight is 182 g/mol. The zero-order valence-corrected chi connectivity index (χ0v) is 8.52. The second kappa shape index (κ2) is 4.97. The van der Waals surface area contributed by atoms with Gasteiger partial charge in [0.15, 0.2) is 0 Å². The van der Waals surface area contributed by atoms with Crippen molar-refractivity contribution in [2.45, 2.75) is 44.6 Å². The molecule has 2 aliphatic heterocycles. The Hall–Kier alpha value is -0.0800. The summed E-state index contributed by atoms with van der Waals surface area (Å²) in [6.45, 7) is 3.74. The highest BCUT2D eigenvalue weighted by Gasteiger charge is 2.23. The Morgan fingerprint density at radius 1 is 0.846 bits per heavy atom. The molecule has 0 amide bonds. The summed E-state index contributed by atoms with van der Waals surface area (Å²) in [5.41, 5.74) is 0. The number of hydrogen-bond acceptors (Lipinski definition) is 2. The lowest BCUT2D eigenvalue weighted by Crippen LogP contribution is -2.43. The highest BCUT2D eigenvalue weighted by molar-refractivity contribution is 4.82. The van der Waals surface area contributed by atoms with Gasteiger partial charge < -0.3 is 10.6 Å². The standard InChI is InChI=1S/C11H22N2/c1-2-6-11(13-8-3-1)10-5-4-7-12-9-10/h10-13H,1-9H2/t10-,11+/m0/s1. The third-order valence-corrected chi connectivity index (χ3v) is 3.50. The fourth-order valence-corrected chi connectivity index (χ4v) is 2.68. The molecule has 2 aliphatic rings. The SMILES string of the molecule is C1CCN[C@@H]([C@H]2CCCNC2)CC1. The van der Waals surface area contributed by atoms with Crippen LogP contribution in [-0.4, -0.2) is 25.7 Å². The van der Waals surface area contributed by atoms with Gasteiger partial charge in [0.05, 0.1) is 0 Å². The molecule has 2 saturated heterocycles. The van der Waals surface area contributed by atoms with Crippen molar-refractivity contribution >= 4 is 0 Å². The number of hydrogen-bond donors (Lipinski definition) is 2. The Labute approximate surface area is 81.5 Å². The van der Waals surface area contributed by atoms with Crippen molar-refractivity contribution in [3.8, 4) is 0 Å². The summed E-state index contributed by atoms with van der Waals surface area (Å²) in [6.07, 6.45) is 8.48. The Balaban J connectivity index is 1.82. The molecule has 2 N–H and O–H groups in total. The Morgan fingerprint density at radius 3 is 2.69 bits per heavy atom. The molecule has 0 aromatic carbocycles. The summed E-state index contributed by atoms with van der Waals surface area (Å²) in [6, 6.07) is 0.815. The average Bonchev–Trinajstić information content (AvgIpc) is 2.47. The van der Waals surface area contributed by atoms with Crippen LogP contribution in [0.25, 0.3) is 0 Å². The molecular weight excluding hydrogens is 160 g/mol. The molecule has 0 aliphatic carbocycles. The quantitative estimate of drug-likeness (QED) is 0.642. The Morgan fingerprint density at radius 2 is 1.85 bits per heavy atom. The van der Waals surface area contributed by atoms with Crippen LogP contribution in [0.1, 0.15) is 38.5 Å². The van der Waals surface area contributed by atoms with Gasteiger partial charge in [0.25, 0.3) is 0 Å². The molecule has 2 heterocycles. The van der Waals surface area contributed by atoms with Crippen LogP contribution in [-0.2, 0) is 0 Å². The van der Waals surface area contributed by atoms with Gasteiger partial charge in [0, 0.05) is 6.04 Å². The maximum absolute atomic E-state index is 3.71. The topological polar surface area (TPSA) is 24.1 Å². The van der Waals surface area contributed by atoms with Crippen molar-refractivity contribution in [2.24, 2.45) is 5.92 Å². The molecule has 13 heavy (non-hydrogen) atoms. The van der Waals surface area contributed by atoms with E-state index in [-0.39, 0.29) is 0 Å². The lowest BCUT2D eigenvalue weighted by molar-refractivity contribution is 0.279. The number of piperidine rings is 1. The first-order chi connectivity index (χ1) is 6.47. The predicted molar refractivity (Wildman–Crippen MR) is 55.9 cm³/mol. The summed E-state index contributed by atoms with van der Waals surface area (Å²) in [7, 11) is 0. The minimum Gasteiger partial charge on any atom is -0.316 e. The third kappa shape index (κ3) is 2.68. The smallest absolute Gasteiger partial charge is 0.0107 e. The minimum absolute atomic E-state index is 0.815. The van der Waals surface area contributed by atoms with Gasteiger partial charge in [-0.3, -0.25) is 0 Å². The van der Waals surface area contributed by atoms with E-state index in [1.807, 2.05) is 0 Å². The van der Waals surface area contributed by atoms with E-state index in [9.17, 15) is 0 Å². The van der Waals surface area contributed by atoms with Crippen molar-refractivity contribution in [2.75, 3.05) is 19.6 Å². The van der Waals surface area contributed by atoms with Gasteiger partial charge in [0.2, 0.25) is 0 Å². The molecule has 2 fully saturated rings. The fourth-order valence-electron chi connectivity index (χ4n) is 2.68. The van der Waals surface area contributed by atoms with E-state index in [4.69, 9.17) is 0 Å². The van der Waals surface area contributed by atoms with Crippen LogP contribution in [0.5, 0.6) is 0 Å². The van der Waals surface area contributed by atoms with E-state index in [0.29, 0.717) is 0 Å². The first-order valence-corrected chi connectivity index (χ1v) is 5.91. The second-order valence-corrected chi connectivity index (χ2v) is 4.52. The first-order valence-electron chi connectivity index (χ1n) is 5.91. The molecule has 76 valence electrons. The van der Waals surface area contributed by atoms with Crippen LogP contribution < -0.4 is 10.6 Å². The lowest BCUT2D eigenvalue weighted by Gasteiger charge is -2.30. The van der Waals surface area contributed by atoms with Gasteiger partial charge in [-0.25, -0.2) is 0 Å². The van der Waals surface area contributed by atoms with Gasteiger partial charge in [-0.1, -0.05) is 12.8 Å². The van der Waals surface area contributed by atoms with Crippen LogP contribution in [0.3, 0.4) is 0 Å². The minimum atomic E-state index is 0.815. The van der Waals surface area contributed by atoms with Crippen molar-refractivity contribution in [3.05, 3.63) is 0 Å². The molecule has 0 unspecified atom stereocenters. The van der Waals surface area contributed by atoms with E-state index < -0.39 is 0 Å². The molecule has 0 saturated carbocycles. The van der Waals surface area contributed by atoms with Crippen LogP contribution >= 0.6 is 0 Å². The van der Waals surface area contributed by atoms with Crippen molar-refractivity contribution in [1.82, 2.24) is 10.6 Å². The number of nitrogens with one attached hydrogen (secondary N) is 2. The molecule has 0 aromatic rings. The van der Waals surface area contributed by atoms with E-state index in [0.717, 1.165) is 12.0 Å². The van der Waals surface area contributed by atoms with Gasteiger partial charge in [-0.2, -0.15) is 0 Å². The predicted octanol–water partition coefficient (Wildman–Crippen LogP) is 1.52. The van der Waals surface area contributed by atoms with Gasteiger partial charge in [-0.05, 0) is 51.2 Å². The van der Waals surface area contributed by atoms with Gasteiger partial charge >= 0.3 is 0 Å². The third-order valence-electron chi connectivity index (χ3n) is 3.50. The molecule has 0 bridgehead atoms. The molecule has 2 heteroatoms. The lowest BCUT2D eigenvalue weighted by atomic mass is 9.89. The largest absolute Gasteiger partial charge is 0.316 e. The normalized spacial score (nSPS) is 36.9. The molecule has 0 spiro atoms. The van der Waals surface area contributed by atoms with Crippen molar-refractivity contribution in [3.63, 3.8) is 0 Å². The van der Waals surface area contributed by atoms with Gasteiger partial charge in [-0.15, -0.1) is 0 Å². The van der Waals surface area contributed by atoms with Crippen LogP contribution in [0.4, 0.5) is 0 Å². The fraction of sp³-hybridized carbons (Fsp3) is 1.00. The molecular formula is C11H22N2. The molecule has 0 aromatic heterocycles. The summed E-state index contributed by atoms with van der Waals surface area (Å²) in [4.78, 5) is 0. The Kier molecular flexibility index (Phi) is 3.62. The van der Waals surface area contributed by atoms with E-state index in [2.05, 4.69) is 10.6 Å². The summed E-state index contributed by atoms with van der Waals surface area (Å²) in [5, 5.41) is 7.22. The monoisotopic (exact) mass is 182 g/mol. The molecule has 2 rings (SSSR count). The summed E-state index contributed by atoms with van der Waals surface area (Å²) >= 11 is 0. The Bertz CT molecular complexity index is 133. The van der Waals surface area contributed by atoms with E-state index >= 15 is 0 Å². The summed E-state index contributed by atoms with van der Waals surface area (Å²) < 4.78 is 0. The summed E-state index contributed by atoms with van der Waals surface area (Å²) in [5.74, 6) is 0.909. The molecule has 2 nitrogen and oxygen atoms in total. The van der Waals surface area contributed by atoms with Gasteiger partial charge in [0.1, 0.15) is 0 Å². The maximum atomic E-state index is 3.71. The zero-order valence-electron chi connectivity index (χ0n) is 8.52. The molecule has 2 atom stereocenters. The van der Waals surface area contributed by atoms with Crippen LogP contribution in [0.15, 0.2) is 0 Å². The van der Waals surface area contributed by atoms with Crippen molar-refractivity contribution < 1.29 is 0 Å². The van der Waals surface area contributed by atoms with Crippen LogP contribution in [0, 0.1) is 5.92 Å². The second-order valence-electron chi connectivity index (χ2n) is 4.52. The molecule has 0 radical (unpaired) electrons. The maximum Gasteiger partial charge on any atom is 0.0107 e. The van der Waals surface area contributed by atoms with Crippen molar-refractivity contribution in [1.29, 1.82) is 0 Å². The van der Waals surface area contributed by atoms with E-state index in [1.54, 1.807) is 0 Å². The van der Waals surface area contributed by atoms with Crippen LogP contribution in [0.2, 0.25) is 0 Å². The highest BCUT2D eigenvalue weighted by atomic mass is 15.0. The number of rotatable bonds is 1. The first kappa shape index (κ1) is 9.47.